The molecule has 0 fully saturated rings. The summed E-state index contributed by atoms with van der Waals surface area (Å²) in [7, 11) is 3.12. The van der Waals surface area contributed by atoms with E-state index in [1.807, 2.05) is 0 Å². The number of carbonyl (C=O) groups excluding carboxylic acids is 1. The van der Waals surface area contributed by atoms with Gasteiger partial charge >= 0.3 is 0 Å². The molecule has 92 valence electrons. The van der Waals surface area contributed by atoms with Crippen LogP contribution in [0, 0.1) is 15.9 Å². The highest BCUT2D eigenvalue weighted by molar-refractivity contribution is 5.81. The lowest BCUT2D eigenvalue weighted by Crippen LogP contribution is -2.28. The molecule has 0 aromatic heterocycles. The summed E-state index contributed by atoms with van der Waals surface area (Å²) in [5, 5.41) is 13.2. The maximum Gasteiger partial charge on any atom is 0.292 e. The minimum atomic E-state index is -0.637. The molecule has 17 heavy (non-hydrogen) atoms. The minimum absolute atomic E-state index is 0.00907. The van der Waals surface area contributed by atoms with Crippen molar-refractivity contribution in [2.75, 3.05) is 26.0 Å². The van der Waals surface area contributed by atoms with Gasteiger partial charge in [-0.15, -0.1) is 0 Å². The highest BCUT2D eigenvalue weighted by Crippen LogP contribution is 2.24. The molecule has 1 aromatic carbocycles. The van der Waals surface area contributed by atoms with Crippen molar-refractivity contribution in [2.45, 2.75) is 0 Å². The van der Waals surface area contributed by atoms with Crippen LogP contribution in [0.25, 0.3) is 0 Å². The molecule has 0 saturated carbocycles. The molecule has 1 amide bonds. The van der Waals surface area contributed by atoms with E-state index in [0.717, 1.165) is 18.2 Å². The summed E-state index contributed by atoms with van der Waals surface area (Å²) in [4.78, 5) is 22.6. The predicted octanol–water partition coefficient (Wildman–Crippen LogP) is 1.23. The van der Waals surface area contributed by atoms with Crippen molar-refractivity contribution >= 4 is 17.3 Å². The standard InChI is InChI=1S/C10H12FN3O3/c1-13(2)10(15)6-12-8-5-7(11)3-4-9(8)14(16)17/h3-5,12H,6H2,1-2H3. The number of nitrogens with one attached hydrogen (secondary N) is 1. The molecule has 0 unspecified atom stereocenters. The molecule has 6 nitrogen and oxygen atoms in total. The zero-order valence-corrected chi connectivity index (χ0v) is 9.44. The number of halogens is 1. The fourth-order valence-electron chi connectivity index (χ4n) is 1.14. The van der Waals surface area contributed by atoms with Gasteiger partial charge in [0.2, 0.25) is 5.91 Å². The van der Waals surface area contributed by atoms with Gasteiger partial charge in [0.25, 0.3) is 5.69 Å². The number of hydrogen-bond donors (Lipinski definition) is 1. The van der Waals surface area contributed by atoms with Crippen LogP contribution >= 0.6 is 0 Å². The number of rotatable bonds is 4. The van der Waals surface area contributed by atoms with E-state index in [2.05, 4.69) is 5.32 Å². The third-order valence-electron chi connectivity index (χ3n) is 2.08. The molecule has 0 aliphatic carbocycles. The molecule has 0 saturated heterocycles. The lowest BCUT2D eigenvalue weighted by atomic mass is 10.2. The van der Waals surface area contributed by atoms with Crippen LogP contribution < -0.4 is 5.32 Å². The van der Waals surface area contributed by atoms with Crippen LogP contribution in [0.2, 0.25) is 0 Å². The molecule has 0 heterocycles. The van der Waals surface area contributed by atoms with Crippen molar-refractivity contribution in [3.8, 4) is 0 Å². The Balaban J connectivity index is 2.86. The van der Waals surface area contributed by atoms with Crippen molar-refractivity contribution in [1.82, 2.24) is 4.90 Å². The van der Waals surface area contributed by atoms with E-state index >= 15 is 0 Å². The van der Waals surface area contributed by atoms with E-state index in [9.17, 15) is 19.3 Å². The molecule has 1 N–H and O–H groups in total. The van der Waals surface area contributed by atoms with Crippen molar-refractivity contribution in [1.29, 1.82) is 0 Å². The number of benzene rings is 1. The van der Waals surface area contributed by atoms with Gasteiger partial charge in [-0.25, -0.2) is 4.39 Å². The zero-order chi connectivity index (χ0) is 13.0. The second kappa shape index (κ2) is 5.24. The Kier molecular flexibility index (Phi) is 3.97. The monoisotopic (exact) mass is 241 g/mol. The van der Waals surface area contributed by atoms with Gasteiger partial charge < -0.3 is 10.2 Å². The third-order valence-corrected chi connectivity index (χ3v) is 2.08. The van der Waals surface area contributed by atoms with E-state index in [1.165, 1.54) is 4.90 Å². The quantitative estimate of drug-likeness (QED) is 0.635. The lowest BCUT2D eigenvalue weighted by Gasteiger charge is -2.11. The smallest absolute Gasteiger partial charge is 0.292 e. The molecular formula is C10H12FN3O3. The molecular weight excluding hydrogens is 229 g/mol. The lowest BCUT2D eigenvalue weighted by molar-refractivity contribution is -0.384. The van der Waals surface area contributed by atoms with Crippen LogP contribution in [-0.2, 0) is 4.79 Å². The van der Waals surface area contributed by atoms with Gasteiger partial charge in [-0.2, -0.15) is 0 Å². The summed E-state index contributed by atoms with van der Waals surface area (Å²) in [5.74, 6) is -0.862. The number of carbonyl (C=O) groups is 1. The number of nitro groups is 1. The Hall–Kier alpha value is -2.18. The van der Waals surface area contributed by atoms with Crippen LogP contribution in [-0.4, -0.2) is 36.4 Å². The average molecular weight is 241 g/mol. The summed E-state index contributed by atoms with van der Waals surface area (Å²) in [6.45, 7) is -0.128. The number of anilines is 1. The largest absolute Gasteiger partial charge is 0.370 e. The Labute approximate surface area is 97.2 Å². The second-order valence-electron chi connectivity index (χ2n) is 3.56. The number of hydrogen-bond acceptors (Lipinski definition) is 4. The summed E-state index contributed by atoms with van der Waals surface area (Å²) in [5.41, 5.74) is -0.275. The molecule has 0 radical (unpaired) electrons. The van der Waals surface area contributed by atoms with Gasteiger partial charge in [0.05, 0.1) is 11.5 Å². The number of nitrogens with zero attached hydrogens (tertiary/aromatic N) is 2. The molecule has 1 aromatic rings. The van der Waals surface area contributed by atoms with Crippen molar-refractivity contribution in [3.63, 3.8) is 0 Å². The Bertz CT molecular complexity index is 448. The maximum absolute atomic E-state index is 12.9. The fourth-order valence-corrected chi connectivity index (χ4v) is 1.14. The SMILES string of the molecule is CN(C)C(=O)CNc1cc(F)ccc1[N+](=O)[O-]. The first kappa shape index (κ1) is 12.9. The van der Waals surface area contributed by atoms with Gasteiger partial charge in [0, 0.05) is 26.2 Å². The predicted molar refractivity (Wildman–Crippen MR) is 60.2 cm³/mol. The second-order valence-corrected chi connectivity index (χ2v) is 3.56. The van der Waals surface area contributed by atoms with E-state index < -0.39 is 10.7 Å². The summed E-state index contributed by atoms with van der Waals surface area (Å²) >= 11 is 0. The Morgan fingerprint density at radius 2 is 2.18 bits per heavy atom. The maximum atomic E-state index is 12.9. The zero-order valence-electron chi connectivity index (χ0n) is 9.44. The third kappa shape index (κ3) is 3.40. The summed E-state index contributed by atoms with van der Waals surface area (Å²) < 4.78 is 12.9. The minimum Gasteiger partial charge on any atom is -0.370 e. The number of likely N-dealkylation sites (N-methyl/N-ethyl adjacent to an activating group) is 1. The Morgan fingerprint density at radius 1 is 1.53 bits per heavy atom. The topological polar surface area (TPSA) is 75.5 Å². The van der Waals surface area contributed by atoms with Crippen LogP contribution in [0.3, 0.4) is 0 Å². The van der Waals surface area contributed by atoms with Crippen molar-refractivity contribution < 1.29 is 14.1 Å². The van der Waals surface area contributed by atoms with Gasteiger partial charge in [-0.3, -0.25) is 14.9 Å². The molecule has 0 bridgehead atoms. The van der Waals surface area contributed by atoms with Gasteiger partial charge in [-0.05, 0) is 6.07 Å². The van der Waals surface area contributed by atoms with E-state index in [4.69, 9.17) is 0 Å². The van der Waals surface area contributed by atoms with E-state index in [1.54, 1.807) is 14.1 Å². The van der Waals surface area contributed by atoms with Crippen LogP contribution in [0.4, 0.5) is 15.8 Å². The number of nitro benzene ring substituents is 1. The molecule has 0 aliphatic heterocycles. The highest BCUT2D eigenvalue weighted by Gasteiger charge is 2.15. The number of amides is 1. The highest BCUT2D eigenvalue weighted by atomic mass is 19.1. The summed E-state index contributed by atoms with van der Waals surface area (Å²) in [6.07, 6.45) is 0. The fraction of sp³-hybridized carbons (Fsp3) is 0.300. The van der Waals surface area contributed by atoms with Crippen LogP contribution in [0.15, 0.2) is 18.2 Å². The summed E-state index contributed by atoms with van der Waals surface area (Å²) in [6, 6.07) is 3.04. The van der Waals surface area contributed by atoms with Crippen LogP contribution in [0.5, 0.6) is 0 Å². The molecule has 0 aliphatic rings. The van der Waals surface area contributed by atoms with Crippen LogP contribution in [0.1, 0.15) is 0 Å². The van der Waals surface area contributed by atoms with Crippen molar-refractivity contribution in [2.24, 2.45) is 0 Å². The molecule has 1 rings (SSSR count). The van der Waals surface area contributed by atoms with E-state index in [-0.39, 0.29) is 23.8 Å². The first-order valence-corrected chi connectivity index (χ1v) is 4.80. The first-order valence-electron chi connectivity index (χ1n) is 4.80. The van der Waals surface area contributed by atoms with E-state index in [0.29, 0.717) is 0 Å². The molecule has 0 atom stereocenters. The van der Waals surface area contributed by atoms with Crippen molar-refractivity contribution in [3.05, 3.63) is 34.1 Å². The van der Waals surface area contributed by atoms with Gasteiger partial charge in [0.1, 0.15) is 11.5 Å². The van der Waals surface area contributed by atoms with Gasteiger partial charge in [0.15, 0.2) is 0 Å². The molecule has 7 heteroatoms. The van der Waals surface area contributed by atoms with Gasteiger partial charge in [-0.1, -0.05) is 0 Å². The average Bonchev–Trinajstić information content (AvgIpc) is 2.25. The first-order chi connectivity index (χ1) is 7.91. The molecule has 0 spiro atoms. The Morgan fingerprint density at radius 3 is 2.71 bits per heavy atom. The normalized spacial score (nSPS) is 9.82.